The maximum Gasteiger partial charge on any atom is 0.331 e. The fourth-order valence-corrected chi connectivity index (χ4v) is 2.09. The van der Waals surface area contributed by atoms with Crippen LogP contribution in [-0.4, -0.2) is 28.4 Å². The number of aryl methyl sites for hydroxylation is 2. The Balaban J connectivity index is 3.27. The highest BCUT2D eigenvalue weighted by Crippen LogP contribution is 2.24. The number of rotatable bonds is 5. The number of carbonyl (C=O) groups is 2. The Labute approximate surface area is 107 Å². The third kappa shape index (κ3) is 3.09. The molecule has 18 heavy (non-hydrogen) atoms. The first-order valence-corrected chi connectivity index (χ1v) is 5.90. The summed E-state index contributed by atoms with van der Waals surface area (Å²) >= 11 is 0. The molecule has 0 aliphatic rings. The lowest BCUT2D eigenvalue weighted by molar-refractivity contribution is -0.147. The maximum absolute atomic E-state index is 11.4. The Hall–Kier alpha value is -1.84. The number of carbonyl (C=O) groups excluding carboxylic acids is 1. The van der Waals surface area contributed by atoms with E-state index in [2.05, 4.69) is 0 Å². The average Bonchev–Trinajstić information content (AvgIpc) is 2.22. The van der Waals surface area contributed by atoms with Gasteiger partial charge in [0.2, 0.25) is 6.41 Å². The fraction of sp³-hybridized carbons (Fsp3) is 0.429. The summed E-state index contributed by atoms with van der Waals surface area (Å²) in [5, 5.41) is 9.36. The topological polar surface area (TPSA) is 57.6 Å². The van der Waals surface area contributed by atoms with E-state index in [-0.39, 0.29) is 6.04 Å². The van der Waals surface area contributed by atoms with Crippen LogP contribution in [0.5, 0.6) is 0 Å². The summed E-state index contributed by atoms with van der Waals surface area (Å²) < 4.78 is 0. The van der Waals surface area contributed by atoms with Crippen molar-refractivity contribution >= 4 is 12.4 Å². The first-order chi connectivity index (χ1) is 8.36. The number of carboxylic acids is 1. The molecule has 1 aromatic carbocycles. The highest BCUT2D eigenvalue weighted by Gasteiger charge is 2.28. The van der Waals surface area contributed by atoms with Gasteiger partial charge in [0.25, 0.3) is 0 Å². The Bertz CT molecular complexity index is 434. The molecule has 0 heterocycles. The summed E-state index contributed by atoms with van der Waals surface area (Å²) in [5.74, 6) is -1.01. The van der Waals surface area contributed by atoms with Crippen molar-refractivity contribution < 1.29 is 14.7 Å². The summed E-state index contributed by atoms with van der Waals surface area (Å²) in [6, 6.07) is 4.50. The van der Waals surface area contributed by atoms with Gasteiger partial charge in [-0.25, -0.2) is 4.79 Å². The molecular formula is C14H19NO3. The summed E-state index contributed by atoms with van der Waals surface area (Å²) in [6.45, 7) is 7.42. The van der Waals surface area contributed by atoms with Crippen LogP contribution in [0, 0.1) is 13.8 Å². The van der Waals surface area contributed by atoms with E-state index < -0.39 is 12.0 Å². The number of benzene rings is 1. The monoisotopic (exact) mass is 249 g/mol. The molecule has 0 saturated heterocycles. The molecule has 1 N–H and O–H groups in total. The molecule has 98 valence electrons. The van der Waals surface area contributed by atoms with Crippen molar-refractivity contribution in [3.05, 3.63) is 34.9 Å². The minimum Gasteiger partial charge on any atom is -0.479 e. The van der Waals surface area contributed by atoms with Crippen LogP contribution in [0.1, 0.15) is 36.6 Å². The van der Waals surface area contributed by atoms with Gasteiger partial charge in [-0.1, -0.05) is 29.3 Å². The molecule has 0 aromatic heterocycles. The number of hydrogen-bond donors (Lipinski definition) is 1. The Kier molecular flexibility index (Phi) is 4.48. The summed E-state index contributed by atoms with van der Waals surface area (Å²) in [7, 11) is 0. The molecule has 1 unspecified atom stereocenters. The minimum absolute atomic E-state index is 0.163. The molecular weight excluding hydrogens is 230 g/mol. The standard InChI is InChI=1S/C14H19NO3/c1-9(2)15(8-16)13(14(17)18)12-6-10(3)5-11(4)7-12/h5-9,13H,1-4H3,(H,17,18). The van der Waals surface area contributed by atoms with Crippen LogP contribution < -0.4 is 0 Å². The average molecular weight is 249 g/mol. The van der Waals surface area contributed by atoms with Crippen LogP contribution in [0.2, 0.25) is 0 Å². The lowest BCUT2D eigenvalue weighted by atomic mass is 9.99. The molecule has 0 aliphatic carbocycles. The second-order valence-corrected chi connectivity index (χ2v) is 4.81. The normalized spacial score (nSPS) is 12.3. The molecule has 0 radical (unpaired) electrons. The van der Waals surface area contributed by atoms with Crippen LogP contribution in [0.15, 0.2) is 18.2 Å². The van der Waals surface area contributed by atoms with Crippen molar-refractivity contribution in [2.24, 2.45) is 0 Å². The van der Waals surface area contributed by atoms with Crippen molar-refractivity contribution in [2.75, 3.05) is 0 Å². The second-order valence-electron chi connectivity index (χ2n) is 4.81. The van der Waals surface area contributed by atoms with E-state index in [0.717, 1.165) is 11.1 Å². The quantitative estimate of drug-likeness (QED) is 0.814. The van der Waals surface area contributed by atoms with Crippen molar-refractivity contribution in [3.8, 4) is 0 Å². The molecule has 0 bridgehead atoms. The smallest absolute Gasteiger partial charge is 0.331 e. The summed E-state index contributed by atoms with van der Waals surface area (Å²) in [5.41, 5.74) is 2.62. The SMILES string of the molecule is Cc1cc(C)cc(C(C(=O)O)N(C=O)C(C)C)c1. The molecule has 0 spiro atoms. The lowest BCUT2D eigenvalue weighted by Gasteiger charge is -2.29. The molecule has 4 nitrogen and oxygen atoms in total. The van der Waals surface area contributed by atoms with Crippen LogP contribution in [0.3, 0.4) is 0 Å². The number of carboxylic acid groups (broad SMARTS) is 1. The summed E-state index contributed by atoms with van der Waals surface area (Å²) in [4.78, 5) is 23.8. The van der Waals surface area contributed by atoms with Crippen molar-refractivity contribution in [2.45, 2.75) is 39.8 Å². The van der Waals surface area contributed by atoms with Crippen LogP contribution >= 0.6 is 0 Å². The highest BCUT2D eigenvalue weighted by atomic mass is 16.4. The number of amides is 1. The van der Waals surface area contributed by atoms with Gasteiger partial charge in [-0.2, -0.15) is 0 Å². The molecule has 1 rings (SSSR count). The van der Waals surface area contributed by atoms with Crippen molar-refractivity contribution in [1.29, 1.82) is 0 Å². The van der Waals surface area contributed by atoms with Gasteiger partial charge in [-0.15, -0.1) is 0 Å². The largest absolute Gasteiger partial charge is 0.479 e. The van der Waals surface area contributed by atoms with E-state index in [9.17, 15) is 14.7 Å². The van der Waals surface area contributed by atoms with E-state index in [1.165, 1.54) is 4.90 Å². The van der Waals surface area contributed by atoms with Gasteiger partial charge in [0.05, 0.1) is 0 Å². The Morgan fingerprint density at radius 3 is 2.06 bits per heavy atom. The lowest BCUT2D eigenvalue weighted by Crippen LogP contribution is -2.38. The zero-order chi connectivity index (χ0) is 13.9. The van der Waals surface area contributed by atoms with Crippen molar-refractivity contribution in [1.82, 2.24) is 4.90 Å². The predicted octanol–water partition coefficient (Wildman–Crippen LogP) is 2.30. The van der Waals surface area contributed by atoms with E-state index >= 15 is 0 Å². The van der Waals surface area contributed by atoms with E-state index in [0.29, 0.717) is 12.0 Å². The van der Waals surface area contributed by atoms with E-state index in [4.69, 9.17) is 0 Å². The fourth-order valence-electron chi connectivity index (χ4n) is 2.09. The molecule has 1 atom stereocenters. The first kappa shape index (κ1) is 14.2. The van der Waals surface area contributed by atoms with Crippen LogP contribution in [0.4, 0.5) is 0 Å². The molecule has 0 saturated carbocycles. The zero-order valence-electron chi connectivity index (χ0n) is 11.2. The number of nitrogens with zero attached hydrogens (tertiary/aromatic N) is 1. The Morgan fingerprint density at radius 2 is 1.72 bits per heavy atom. The maximum atomic E-state index is 11.4. The van der Waals surface area contributed by atoms with Crippen molar-refractivity contribution in [3.63, 3.8) is 0 Å². The Morgan fingerprint density at radius 1 is 1.22 bits per heavy atom. The minimum atomic E-state index is -1.01. The van der Waals surface area contributed by atoms with Gasteiger partial charge in [0.15, 0.2) is 6.04 Å². The van der Waals surface area contributed by atoms with Gasteiger partial charge in [-0.05, 0) is 33.3 Å². The highest BCUT2D eigenvalue weighted by molar-refractivity contribution is 5.78. The molecule has 1 amide bonds. The summed E-state index contributed by atoms with van der Waals surface area (Å²) in [6.07, 6.45) is 0.598. The molecule has 0 fully saturated rings. The first-order valence-electron chi connectivity index (χ1n) is 5.90. The second kappa shape index (κ2) is 5.67. The molecule has 1 aromatic rings. The zero-order valence-corrected chi connectivity index (χ0v) is 11.2. The van der Waals surface area contributed by atoms with Gasteiger partial charge in [0.1, 0.15) is 0 Å². The molecule has 4 heteroatoms. The third-order valence-corrected chi connectivity index (χ3v) is 2.81. The predicted molar refractivity (Wildman–Crippen MR) is 69.3 cm³/mol. The van der Waals surface area contributed by atoms with Crippen LogP contribution in [-0.2, 0) is 9.59 Å². The molecule has 0 aliphatic heterocycles. The number of aliphatic carboxylic acids is 1. The van der Waals surface area contributed by atoms with Gasteiger partial charge < -0.3 is 10.0 Å². The van der Waals surface area contributed by atoms with Crippen LogP contribution in [0.25, 0.3) is 0 Å². The van der Waals surface area contributed by atoms with Gasteiger partial charge >= 0.3 is 5.97 Å². The van der Waals surface area contributed by atoms with E-state index in [1.54, 1.807) is 13.8 Å². The van der Waals surface area contributed by atoms with E-state index in [1.807, 2.05) is 32.0 Å². The third-order valence-electron chi connectivity index (χ3n) is 2.81. The van der Waals surface area contributed by atoms with Gasteiger partial charge in [0, 0.05) is 6.04 Å². The van der Waals surface area contributed by atoms with Gasteiger partial charge in [-0.3, -0.25) is 4.79 Å². The number of hydrogen-bond acceptors (Lipinski definition) is 2.